The Bertz CT molecular complexity index is 493. The van der Waals surface area contributed by atoms with Crippen LogP contribution in [0.1, 0.15) is 42.4 Å². The summed E-state index contributed by atoms with van der Waals surface area (Å²) in [4.78, 5) is 2.39. The van der Waals surface area contributed by atoms with E-state index in [9.17, 15) is 0 Å². The molecular formula is C17H25N3. The van der Waals surface area contributed by atoms with Crippen molar-refractivity contribution in [2.24, 2.45) is 0 Å². The average molecular weight is 271 g/mol. The summed E-state index contributed by atoms with van der Waals surface area (Å²) >= 11 is 0. The van der Waals surface area contributed by atoms with Crippen LogP contribution in [0.4, 0.5) is 0 Å². The lowest BCUT2D eigenvalue weighted by molar-refractivity contribution is 0.153. The monoisotopic (exact) mass is 271 g/mol. The Morgan fingerprint density at radius 3 is 2.55 bits per heavy atom. The van der Waals surface area contributed by atoms with Crippen molar-refractivity contribution in [3.63, 3.8) is 0 Å². The molecular weight excluding hydrogens is 246 g/mol. The van der Waals surface area contributed by atoms with Gasteiger partial charge in [0.25, 0.3) is 0 Å². The largest absolute Gasteiger partial charge is 0.311 e. The van der Waals surface area contributed by atoms with E-state index >= 15 is 0 Å². The predicted molar refractivity (Wildman–Crippen MR) is 82.5 cm³/mol. The maximum absolute atomic E-state index is 8.90. The van der Waals surface area contributed by atoms with E-state index in [0.717, 1.165) is 18.7 Å². The number of hydrogen-bond donors (Lipinski definition) is 1. The third kappa shape index (κ3) is 3.20. The maximum atomic E-state index is 8.90. The fourth-order valence-corrected chi connectivity index (χ4v) is 3.21. The molecule has 20 heavy (non-hydrogen) atoms. The summed E-state index contributed by atoms with van der Waals surface area (Å²) in [5.41, 5.74) is 3.56. The zero-order chi connectivity index (χ0) is 14.6. The lowest BCUT2D eigenvalue weighted by atomic mass is 9.95. The zero-order valence-electron chi connectivity index (χ0n) is 12.9. The fourth-order valence-electron chi connectivity index (χ4n) is 3.21. The first kappa shape index (κ1) is 15.0. The Labute approximate surface area is 122 Å². The van der Waals surface area contributed by atoms with Gasteiger partial charge in [-0.15, -0.1) is 0 Å². The van der Waals surface area contributed by atoms with Gasteiger partial charge in [0.2, 0.25) is 0 Å². The van der Waals surface area contributed by atoms with Crippen LogP contribution in [0.3, 0.4) is 0 Å². The summed E-state index contributed by atoms with van der Waals surface area (Å²) in [6.07, 6.45) is 5.27. The molecule has 1 aromatic rings. The van der Waals surface area contributed by atoms with Gasteiger partial charge in [-0.1, -0.05) is 18.9 Å². The number of likely N-dealkylation sites (N-methyl/N-ethyl adjacent to an activating group) is 1. The quantitative estimate of drug-likeness (QED) is 0.895. The van der Waals surface area contributed by atoms with Crippen LogP contribution < -0.4 is 5.32 Å². The second kappa shape index (κ2) is 6.39. The summed E-state index contributed by atoms with van der Waals surface area (Å²) in [6, 6.07) is 8.13. The molecule has 0 radical (unpaired) electrons. The molecule has 1 aliphatic carbocycles. The lowest BCUT2D eigenvalue weighted by Gasteiger charge is -2.36. The standard InChI is InChI=1S/C17H25N3/c1-14-10-15(11-18)6-7-16(14)12-19-13-17(20(2)3)8-4-5-9-17/h6-7,10,19H,4-5,8-9,12-13H2,1-3H3. The molecule has 0 atom stereocenters. The Kier molecular flexibility index (Phi) is 4.80. The highest BCUT2D eigenvalue weighted by molar-refractivity contribution is 5.37. The van der Waals surface area contributed by atoms with E-state index in [1.165, 1.54) is 36.8 Å². The van der Waals surface area contributed by atoms with Crippen molar-refractivity contribution >= 4 is 0 Å². The first-order valence-corrected chi connectivity index (χ1v) is 7.45. The minimum absolute atomic E-state index is 0.334. The van der Waals surface area contributed by atoms with Crippen molar-refractivity contribution < 1.29 is 0 Å². The van der Waals surface area contributed by atoms with Gasteiger partial charge in [0.1, 0.15) is 0 Å². The van der Waals surface area contributed by atoms with Crippen LogP contribution in [-0.4, -0.2) is 31.1 Å². The van der Waals surface area contributed by atoms with Gasteiger partial charge in [0.05, 0.1) is 11.6 Å². The number of nitrogens with one attached hydrogen (secondary N) is 1. The van der Waals surface area contributed by atoms with Gasteiger partial charge in [-0.25, -0.2) is 0 Å². The van der Waals surface area contributed by atoms with Crippen LogP contribution in [0.15, 0.2) is 18.2 Å². The molecule has 0 heterocycles. The van der Waals surface area contributed by atoms with Crippen molar-refractivity contribution in [1.29, 1.82) is 5.26 Å². The number of benzene rings is 1. The minimum Gasteiger partial charge on any atom is -0.311 e. The molecule has 0 bridgehead atoms. The van der Waals surface area contributed by atoms with Gasteiger partial charge < -0.3 is 10.2 Å². The molecule has 108 valence electrons. The number of nitriles is 1. The lowest BCUT2D eigenvalue weighted by Crippen LogP contribution is -2.49. The molecule has 0 amide bonds. The molecule has 1 fully saturated rings. The summed E-state index contributed by atoms with van der Waals surface area (Å²) in [7, 11) is 4.39. The normalized spacial score (nSPS) is 17.4. The third-order valence-corrected chi connectivity index (χ3v) is 4.72. The Morgan fingerprint density at radius 1 is 1.30 bits per heavy atom. The van der Waals surface area contributed by atoms with Crippen molar-refractivity contribution in [2.45, 2.75) is 44.7 Å². The molecule has 0 spiro atoms. The third-order valence-electron chi connectivity index (χ3n) is 4.72. The summed E-state index contributed by atoms with van der Waals surface area (Å²) < 4.78 is 0. The van der Waals surface area contributed by atoms with Crippen LogP contribution in [-0.2, 0) is 6.54 Å². The second-order valence-corrected chi connectivity index (χ2v) is 6.18. The highest BCUT2D eigenvalue weighted by atomic mass is 15.2. The first-order valence-electron chi connectivity index (χ1n) is 7.45. The topological polar surface area (TPSA) is 39.1 Å². The van der Waals surface area contributed by atoms with Crippen molar-refractivity contribution in [3.8, 4) is 6.07 Å². The Hall–Kier alpha value is -1.37. The highest BCUT2D eigenvalue weighted by Crippen LogP contribution is 2.33. The van der Waals surface area contributed by atoms with Gasteiger partial charge in [0, 0.05) is 18.6 Å². The number of aryl methyl sites for hydroxylation is 1. The van der Waals surface area contributed by atoms with E-state index in [2.05, 4.69) is 43.4 Å². The molecule has 1 saturated carbocycles. The van der Waals surface area contributed by atoms with Crippen LogP contribution in [0.5, 0.6) is 0 Å². The Balaban J connectivity index is 1.94. The van der Waals surface area contributed by atoms with E-state index in [0.29, 0.717) is 5.54 Å². The average Bonchev–Trinajstić information content (AvgIpc) is 2.90. The summed E-state index contributed by atoms with van der Waals surface area (Å²) in [5, 5.41) is 12.5. The van der Waals surface area contributed by atoms with Crippen LogP contribution in [0.2, 0.25) is 0 Å². The molecule has 0 aliphatic heterocycles. The van der Waals surface area contributed by atoms with E-state index in [4.69, 9.17) is 5.26 Å². The van der Waals surface area contributed by atoms with E-state index < -0.39 is 0 Å². The molecule has 0 aromatic heterocycles. The molecule has 1 aromatic carbocycles. The zero-order valence-corrected chi connectivity index (χ0v) is 12.9. The van der Waals surface area contributed by atoms with E-state index in [1.54, 1.807) is 0 Å². The summed E-state index contributed by atoms with van der Waals surface area (Å²) in [6.45, 7) is 4.00. The first-order chi connectivity index (χ1) is 9.57. The van der Waals surface area contributed by atoms with Gasteiger partial charge in [-0.2, -0.15) is 5.26 Å². The highest BCUT2D eigenvalue weighted by Gasteiger charge is 2.35. The molecule has 1 aliphatic rings. The Morgan fingerprint density at radius 2 is 2.00 bits per heavy atom. The second-order valence-electron chi connectivity index (χ2n) is 6.18. The van der Waals surface area contributed by atoms with Crippen molar-refractivity contribution in [3.05, 3.63) is 34.9 Å². The maximum Gasteiger partial charge on any atom is 0.0991 e. The molecule has 3 nitrogen and oxygen atoms in total. The van der Waals surface area contributed by atoms with Crippen LogP contribution in [0, 0.1) is 18.3 Å². The molecule has 0 saturated heterocycles. The van der Waals surface area contributed by atoms with Gasteiger partial charge in [-0.05, 0) is 57.1 Å². The fraction of sp³-hybridized carbons (Fsp3) is 0.588. The van der Waals surface area contributed by atoms with Gasteiger partial charge >= 0.3 is 0 Å². The van der Waals surface area contributed by atoms with Crippen molar-refractivity contribution in [2.75, 3.05) is 20.6 Å². The molecule has 0 unspecified atom stereocenters. The van der Waals surface area contributed by atoms with Crippen LogP contribution in [0.25, 0.3) is 0 Å². The molecule has 3 heteroatoms. The van der Waals surface area contributed by atoms with E-state index in [1.807, 2.05) is 12.1 Å². The smallest absolute Gasteiger partial charge is 0.0991 e. The minimum atomic E-state index is 0.334. The van der Waals surface area contributed by atoms with Crippen LogP contribution >= 0.6 is 0 Å². The molecule has 1 N–H and O–H groups in total. The van der Waals surface area contributed by atoms with Gasteiger partial charge in [-0.3, -0.25) is 0 Å². The number of hydrogen-bond acceptors (Lipinski definition) is 3. The summed E-state index contributed by atoms with van der Waals surface area (Å²) in [5.74, 6) is 0. The van der Waals surface area contributed by atoms with Crippen molar-refractivity contribution in [1.82, 2.24) is 10.2 Å². The number of nitrogens with zero attached hydrogens (tertiary/aromatic N) is 2. The van der Waals surface area contributed by atoms with E-state index in [-0.39, 0.29) is 0 Å². The number of rotatable bonds is 5. The SMILES string of the molecule is Cc1cc(C#N)ccc1CNCC1(N(C)C)CCCC1. The predicted octanol–water partition coefficient (Wildman–Crippen LogP) is 2.83. The molecule has 2 rings (SSSR count). The van der Waals surface area contributed by atoms with Gasteiger partial charge in [0.15, 0.2) is 0 Å².